The van der Waals surface area contributed by atoms with Gasteiger partial charge < -0.3 is 10.2 Å². The van der Waals surface area contributed by atoms with Gasteiger partial charge in [0.15, 0.2) is 0 Å². The lowest BCUT2D eigenvalue weighted by molar-refractivity contribution is 0.625. The van der Waals surface area contributed by atoms with Gasteiger partial charge >= 0.3 is 0 Å². The fourth-order valence-corrected chi connectivity index (χ4v) is 2.42. The van der Waals surface area contributed by atoms with Crippen molar-refractivity contribution in [1.82, 2.24) is 5.32 Å². The summed E-state index contributed by atoms with van der Waals surface area (Å²) in [5.74, 6) is 0. The highest BCUT2D eigenvalue weighted by atomic mass is 15.1. The molecule has 0 fully saturated rings. The minimum absolute atomic E-state index is 1.08. The van der Waals surface area contributed by atoms with Gasteiger partial charge in [-0.25, -0.2) is 0 Å². The molecule has 0 aliphatic carbocycles. The zero-order valence-electron chi connectivity index (χ0n) is 10.2. The molecule has 0 spiro atoms. The number of nitrogens with zero attached hydrogens (tertiary/aromatic N) is 1. The van der Waals surface area contributed by atoms with Crippen molar-refractivity contribution in [2.45, 2.75) is 26.2 Å². The highest BCUT2D eigenvalue weighted by molar-refractivity contribution is 5.55. The van der Waals surface area contributed by atoms with Gasteiger partial charge in [0.05, 0.1) is 0 Å². The third-order valence-electron chi connectivity index (χ3n) is 3.24. The number of benzene rings is 1. The SMILES string of the molecule is CCNCCCN1CCCc2ccccc21. The standard InChI is InChI=1S/C14H22N2/c1-2-15-10-6-12-16-11-5-8-13-7-3-4-9-14(13)16/h3-4,7,9,15H,2,5-6,8,10-12H2,1H3. The summed E-state index contributed by atoms with van der Waals surface area (Å²) in [6, 6.07) is 8.84. The van der Waals surface area contributed by atoms with E-state index in [1.165, 1.54) is 43.6 Å². The van der Waals surface area contributed by atoms with Gasteiger partial charge in [-0.3, -0.25) is 0 Å². The first-order chi connectivity index (χ1) is 7.92. The summed E-state index contributed by atoms with van der Waals surface area (Å²) < 4.78 is 0. The molecule has 1 N–H and O–H groups in total. The van der Waals surface area contributed by atoms with Crippen LogP contribution in [0.15, 0.2) is 24.3 Å². The maximum Gasteiger partial charge on any atom is 0.0398 e. The molecule has 0 saturated carbocycles. The number of hydrogen-bond acceptors (Lipinski definition) is 2. The van der Waals surface area contributed by atoms with Crippen LogP contribution in [0, 0.1) is 0 Å². The van der Waals surface area contributed by atoms with Gasteiger partial charge in [0.2, 0.25) is 0 Å². The molecule has 0 amide bonds. The van der Waals surface area contributed by atoms with Crippen LogP contribution in [0.5, 0.6) is 0 Å². The van der Waals surface area contributed by atoms with Crippen LogP contribution in [0.25, 0.3) is 0 Å². The minimum Gasteiger partial charge on any atom is -0.371 e. The smallest absolute Gasteiger partial charge is 0.0398 e. The second kappa shape index (κ2) is 5.90. The molecule has 0 saturated heterocycles. The average Bonchev–Trinajstić information content (AvgIpc) is 2.35. The zero-order valence-corrected chi connectivity index (χ0v) is 10.2. The van der Waals surface area contributed by atoms with E-state index in [0.717, 1.165) is 13.1 Å². The lowest BCUT2D eigenvalue weighted by Gasteiger charge is -2.31. The number of rotatable bonds is 5. The van der Waals surface area contributed by atoms with E-state index in [1.807, 2.05) is 0 Å². The average molecular weight is 218 g/mol. The van der Waals surface area contributed by atoms with Gasteiger partial charge in [0, 0.05) is 18.8 Å². The number of hydrogen-bond donors (Lipinski definition) is 1. The Balaban J connectivity index is 1.91. The highest BCUT2D eigenvalue weighted by Crippen LogP contribution is 2.26. The molecule has 2 heteroatoms. The first-order valence-corrected chi connectivity index (χ1v) is 6.45. The van der Waals surface area contributed by atoms with Crippen molar-refractivity contribution in [3.8, 4) is 0 Å². The van der Waals surface area contributed by atoms with Crippen molar-refractivity contribution in [3.05, 3.63) is 29.8 Å². The van der Waals surface area contributed by atoms with Gasteiger partial charge in [-0.15, -0.1) is 0 Å². The zero-order chi connectivity index (χ0) is 11.2. The first-order valence-electron chi connectivity index (χ1n) is 6.45. The number of fused-ring (bicyclic) bond motifs is 1. The molecule has 0 radical (unpaired) electrons. The van der Waals surface area contributed by atoms with Gasteiger partial charge in [-0.05, 0) is 44.0 Å². The van der Waals surface area contributed by atoms with E-state index in [-0.39, 0.29) is 0 Å². The Morgan fingerprint density at radius 3 is 3.06 bits per heavy atom. The predicted molar refractivity (Wildman–Crippen MR) is 70.1 cm³/mol. The molecule has 1 heterocycles. The fraction of sp³-hybridized carbons (Fsp3) is 0.571. The number of nitrogens with one attached hydrogen (secondary N) is 1. The Bertz CT molecular complexity index is 322. The van der Waals surface area contributed by atoms with Crippen molar-refractivity contribution in [2.24, 2.45) is 0 Å². The van der Waals surface area contributed by atoms with E-state index >= 15 is 0 Å². The van der Waals surface area contributed by atoms with Crippen LogP contribution in [0.2, 0.25) is 0 Å². The number of anilines is 1. The summed E-state index contributed by atoms with van der Waals surface area (Å²) in [6.07, 6.45) is 3.79. The number of para-hydroxylation sites is 1. The van der Waals surface area contributed by atoms with Crippen LogP contribution >= 0.6 is 0 Å². The topological polar surface area (TPSA) is 15.3 Å². The van der Waals surface area contributed by atoms with E-state index in [4.69, 9.17) is 0 Å². The molecular weight excluding hydrogens is 196 g/mol. The quantitative estimate of drug-likeness (QED) is 0.764. The normalized spacial score (nSPS) is 14.9. The molecule has 0 atom stereocenters. The Morgan fingerprint density at radius 1 is 1.31 bits per heavy atom. The van der Waals surface area contributed by atoms with Gasteiger partial charge in [0.25, 0.3) is 0 Å². The van der Waals surface area contributed by atoms with Crippen LogP contribution < -0.4 is 10.2 Å². The second-order valence-corrected chi connectivity index (χ2v) is 4.43. The Kier molecular flexibility index (Phi) is 4.23. The lowest BCUT2D eigenvalue weighted by Crippen LogP contribution is -2.32. The summed E-state index contributed by atoms with van der Waals surface area (Å²) in [5.41, 5.74) is 2.99. The Hall–Kier alpha value is -1.02. The number of aryl methyl sites for hydroxylation is 1. The molecule has 2 nitrogen and oxygen atoms in total. The molecule has 1 aromatic carbocycles. The van der Waals surface area contributed by atoms with E-state index in [2.05, 4.69) is 41.4 Å². The largest absolute Gasteiger partial charge is 0.371 e. The molecule has 0 aromatic heterocycles. The minimum atomic E-state index is 1.08. The summed E-state index contributed by atoms with van der Waals surface area (Å²) in [7, 11) is 0. The van der Waals surface area contributed by atoms with Crippen molar-refractivity contribution in [3.63, 3.8) is 0 Å². The van der Waals surface area contributed by atoms with Gasteiger partial charge in [-0.2, -0.15) is 0 Å². The summed E-state index contributed by atoms with van der Waals surface area (Å²) >= 11 is 0. The Labute approximate surface area is 98.7 Å². The van der Waals surface area contributed by atoms with Crippen LogP contribution in [0.3, 0.4) is 0 Å². The van der Waals surface area contributed by atoms with Crippen molar-refractivity contribution >= 4 is 5.69 Å². The molecule has 0 unspecified atom stereocenters. The molecule has 1 aromatic rings. The third kappa shape index (κ3) is 2.76. The second-order valence-electron chi connectivity index (χ2n) is 4.43. The Morgan fingerprint density at radius 2 is 2.19 bits per heavy atom. The lowest BCUT2D eigenvalue weighted by atomic mass is 10.0. The van der Waals surface area contributed by atoms with Crippen LogP contribution in [-0.2, 0) is 6.42 Å². The molecule has 16 heavy (non-hydrogen) atoms. The predicted octanol–water partition coefficient (Wildman–Crippen LogP) is 2.44. The van der Waals surface area contributed by atoms with Crippen LogP contribution in [0.4, 0.5) is 5.69 Å². The van der Waals surface area contributed by atoms with Crippen LogP contribution in [-0.4, -0.2) is 26.2 Å². The highest BCUT2D eigenvalue weighted by Gasteiger charge is 2.14. The van der Waals surface area contributed by atoms with E-state index in [1.54, 1.807) is 0 Å². The van der Waals surface area contributed by atoms with Crippen molar-refractivity contribution in [2.75, 3.05) is 31.1 Å². The van der Waals surface area contributed by atoms with Gasteiger partial charge in [-0.1, -0.05) is 25.1 Å². The monoisotopic (exact) mass is 218 g/mol. The summed E-state index contributed by atoms with van der Waals surface area (Å²) in [4.78, 5) is 2.54. The summed E-state index contributed by atoms with van der Waals surface area (Å²) in [6.45, 7) is 6.79. The summed E-state index contributed by atoms with van der Waals surface area (Å²) in [5, 5.41) is 3.39. The van der Waals surface area contributed by atoms with E-state index in [9.17, 15) is 0 Å². The molecule has 2 rings (SSSR count). The fourth-order valence-electron chi connectivity index (χ4n) is 2.42. The molecular formula is C14H22N2. The third-order valence-corrected chi connectivity index (χ3v) is 3.24. The molecule has 88 valence electrons. The molecule has 1 aliphatic heterocycles. The maximum atomic E-state index is 3.39. The van der Waals surface area contributed by atoms with Gasteiger partial charge in [0.1, 0.15) is 0 Å². The molecule has 0 bridgehead atoms. The first kappa shape index (κ1) is 11.5. The van der Waals surface area contributed by atoms with Crippen LogP contribution in [0.1, 0.15) is 25.3 Å². The maximum absolute atomic E-state index is 3.39. The van der Waals surface area contributed by atoms with E-state index in [0.29, 0.717) is 0 Å². The van der Waals surface area contributed by atoms with Crippen molar-refractivity contribution in [1.29, 1.82) is 0 Å². The van der Waals surface area contributed by atoms with Crippen molar-refractivity contribution < 1.29 is 0 Å². The van der Waals surface area contributed by atoms with E-state index < -0.39 is 0 Å². The molecule has 1 aliphatic rings.